The summed E-state index contributed by atoms with van der Waals surface area (Å²) in [6, 6.07) is 4.21. The summed E-state index contributed by atoms with van der Waals surface area (Å²) in [5.41, 5.74) is 6.03. The summed E-state index contributed by atoms with van der Waals surface area (Å²) in [6.07, 6.45) is 2.21. The van der Waals surface area contributed by atoms with E-state index in [1.54, 1.807) is 6.07 Å². The number of rotatable bonds is 6. The zero-order chi connectivity index (χ0) is 12.7. The number of hydrogen-bond donors (Lipinski definition) is 3. The Balaban J connectivity index is 2.27. The minimum Gasteiger partial charge on any atom is -0.409 e. The van der Waals surface area contributed by atoms with Crippen molar-refractivity contribution in [1.29, 1.82) is 0 Å². The second-order valence-electron chi connectivity index (χ2n) is 3.60. The molecule has 0 radical (unpaired) electrons. The highest BCUT2D eigenvalue weighted by atomic mass is 35.5. The molecule has 0 aliphatic heterocycles. The van der Waals surface area contributed by atoms with E-state index in [1.807, 2.05) is 0 Å². The Hall–Kier alpha value is -1.49. The van der Waals surface area contributed by atoms with E-state index in [4.69, 9.17) is 22.5 Å². The normalized spacial score (nSPS) is 11.5. The number of nitrogens with one attached hydrogen (secondary N) is 1. The van der Waals surface area contributed by atoms with Gasteiger partial charge in [0.15, 0.2) is 0 Å². The monoisotopic (exact) mass is 259 g/mol. The van der Waals surface area contributed by atoms with Gasteiger partial charge < -0.3 is 16.3 Å². The Morgan fingerprint density at radius 1 is 1.47 bits per heavy atom. The minimum atomic E-state index is -0.354. The maximum atomic E-state index is 12.8. The number of halogens is 2. The molecule has 0 aliphatic carbocycles. The lowest BCUT2D eigenvalue weighted by Gasteiger charge is -2.07. The molecule has 94 valence electrons. The summed E-state index contributed by atoms with van der Waals surface area (Å²) in [7, 11) is 0. The van der Waals surface area contributed by atoms with Crippen LogP contribution in [0, 0.1) is 5.82 Å². The molecule has 1 aromatic carbocycles. The fourth-order valence-electron chi connectivity index (χ4n) is 1.34. The van der Waals surface area contributed by atoms with Crippen LogP contribution in [-0.4, -0.2) is 17.6 Å². The number of anilines is 1. The molecule has 0 heterocycles. The fraction of sp³-hybridized carbons (Fsp3) is 0.364. The van der Waals surface area contributed by atoms with Gasteiger partial charge >= 0.3 is 0 Å². The van der Waals surface area contributed by atoms with Crippen LogP contribution in [0.15, 0.2) is 23.4 Å². The van der Waals surface area contributed by atoms with Crippen molar-refractivity contribution in [2.75, 3.05) is 11.9 Å². The van der Waals surface area contributed by atoms with E-state index in [0.717, 1.165) is 12.8 Å². The number of nitrogens with zero attached hydrogens (tertiary/aromatic N) is 1. The van der Waals surface area contributed by atoms with Gasteiger partial charge in [0, 0.05) is 13.0 Å². The van der Waals surface area contributed by atoms with Gasteiger partial charge in [-0.05, 0) is 31.0 Å². The van der Waals surface area contributed by atoms with Crippen molar-refractivity contribution in [2.45, 2.75) is 19.3 Å². The van der Waals surface area contributed by atoms with Crippen molar-refractivity contribution in [3.8, 4) is 0 Å². The first-order chi connectivity index (χ1) is 8.13. The zero-order valence-corrected chi connectivity index (χ0v) is 10.0. The van der Waals surface area contributed by atoms with Crippen molar-refractivity contribution in [3.63, 3.8) is 0 Å². The van der Waals surface area contributed by atoms with Gasteiger partial charge in [-0.1, -0.05) is 16.8 Å². The van der Waals surface area contributed by atoms with Crippen LogP contribution in [0.1, 0.15) is 19.3 Å². The molecule has 0 amide bonds. The maximum Gasteiger partial charge on any atom is 0.139 e. The molecule has 0 unspecified atom stereocenters. The van der Waals surface area contributed by atoms with Gasteiger partial charge in [-0.15, -0.1) is 0 Å². The van der Waals surface area contributed by atoms with Gasteiger partial charge in [0.05, 0.1) is 10.7 Å². The average molecular weight is 260 g/mol. The number of benzene rings is 1. The highest BCUT2D eigenvalue weighted by Gasteiger charge is 2.01. The largest absolute Gasteiger partial charge is 0.409 e. The predicted molar refractivity (Wildman–Crippen MR) is 67.2 cm³/mol. The first kappa shape index (κ1) is 13.6. The molecule has 4 N–H and O–H groups in total. The molecule has 4 nitrogen and oxygen atoms in total. The smallest absolute Gasteiger partial charge is 0.139 e. The van der Waals surface area contributed by atoms with E-state index >= 15 is 0 Å². The lowest BCUT2D eigenvalue weighted by atomic mass is 10.2. The average Bonchev–Trinajstić information content (AvgIpc) is 2.30. The molecule has 0 fully saturated rings. The van der Waals surface area contributed by atoms with E-state index in [1.165, 1.54) is 12.1 Å². The second kappa shape index (κ2) is 6.96. The van der Waals surface area contributed by atoms with Crippen molar-refractivity contribution in [3.05, 3.63) is 29.0 Å². The summed E-state index contributed by atoms with van der Waals surface area (Å²) < 4.78 is 12.8. The zero-order valence-electron chi connectivity index (χ0n) is 9.29. The van der Waals surface area contributed by atoms with Crippen LogP contribution in [0.4, 0.5) is 10.1 Å². The van der Waals surface area contributed by atoms with Crippen LogP contribution in [0.5, 0.6) is 0 Å². The Morgan fingerprint density at radius 3 is 2.88 bits per heavy atom. The topological polar surface area (TPSA) is 70.6 Å². The van der Waals surface area contributed by atoms with Crippen LogP contribution >= 0.6 is 11.6 Å². The fourth-order valence-corrected chi connectivity index (χ4v) is 1.57. The van der Waals surface area contributed by atoms with Crippen molar-refractivity contribution >= 4 is 23.1 Å². The second-order valence-corrected chi connectivity index (χ2v) is 4.01. The molecule has 0 saturated heterocycles. The van der Waals surface area contributed by atoms with E-state index in [2.05, 4.69) is 10.5 Å². The molecule has 1 aromatic rings. The van der Waals surface area contributed by atoms with Crippen LogP contribution < -0.4 is 11.1 Å². The molecule has 0 bridgehead atoms. The maximum absolute atomic E-state index is 12.8. The Labute approximate surface area is 104 Å². The van der Waals surface area contributed by atoms with Crippen molar-refractivity contribution < 1.29 is 9.60 Å². The Morgan fingerprint density at radius 2 is 2.24 bits per heavy atom. The molecule has 0 aliphatic rings. The Bertz CT molecular complexity index is 398. The number of hydrogen-bond acceptors (Lipinski definition) is 3. The number of nitrogens with two attached hydrogens (primary N) is 1. The lowest BCUT2D eigenvalue weighted by Crippen LogP contribution is -2.11. The molecule has 0 atom stereocenters. The first-order valence-electron chi connectivity index (χ1n) is 5.29. The highest BCUT2D eigenvalue weighted by molar-refractivity contribution is 6.33. The lowest BCUT2D eigenvalue weighted by molar-refractivity contribution is 0.316. The molecule has 1 rings (SSSR count). The third-order valence-electron chi connectivity index (χ3n) is 2.23. The standard InChI is InChI=1S/C11H15ClFN3O/c12-9-7-8(13)4-5-10(9)15-6-2-1-3-11(14)16-17/h4-5,7,15,17H,1-3,6H2,(H2,14,16). The Kier molecular flexibility index (Phi) is 5.56. The summed E-state index contributed by atoms with van der Waals surface area (Å²) in [4.78, 5) is 0. The first-order valence-corrected chi connectivity index (χ1v) is 5.66. The number of oxime groups is 1. The van der Waals surface area contributed by atoms with Gasteiger partial charge in [0.1, 0.15) is 11.7 Å². The van der Waals surface area contributed by atoms with Crippen molar-refractivity contribution in [1.82, 2.24) is 0 Å². The molecular formula is C11H15ClFN3O. The number of unbranched alkanes of at least 4 members (excludes halogenated alkanes) is 1. The summed E-state index contributed by atoms with van der Waals surface area (Å²) in [5.74, 6) is -0.128. The molecular weight excluding hydrogens is 245 g/mol. The van der Waals surface area contributed by atoms with Crippen LogP contribution in [0.25, 0.3) is 0 Å². The van der Waals surface area contributed by atoms with Crippen LogP contribution in [0.3, 0.4) is 0 Å². The molecule has 0 aromatic heterocycles. The molecule has 0 spiro atoms. The number of amidine groups is 1. The highest BCUT2D eigenvalue weighted by Crippen LogP contribution is 2.22. The van der Waals surface area contributed by atoms with Gasteiger partial charge in [0.2, 0.25) is 0 Å². The van der Waals surface area contributed by atoms with E-state index in [9.17, 15) is 4.39 Å². The third-order valence-corrected chi connectivity index (χ3v) is 2.55. The van der Waals surface area contributed by atoms with E-state index in [-0.39, 0.29) is 11.7 Å². The van der Waals surface area contributed by atoms with E-state index < -0.39 is 0 Å². The molecule has 0 saturated carbocycles. The SMILES string of the molecule is NC(CCCCNc1ccc(F)cc1Cl)=NO. The van der Waals surface area contributed by atoms with Crippen molar-refractivity contribution in [2.24, 2.45) is 10.9 Å². The van der Waals surface area contributed by atoms with E-state index in [0.29, 0.717) is 23.7 Å². The third kappa shape index (κ3) is 4.91. The van der Waals surface area contributed by atoms with Gasteiger partial charge in [-0.25, -0.2) is 4.39 Å². The van der Waals surface area contributed by atoms with Gasteiger partial charge in [0.25, 0.3) is 0 Å². The molecule has 6 heteroatoms. The minimum absolute atomic E-state index is 0.227. The summed E-state index contributed by atoms with van der Waals surface area (Å²) in [6.45, 7) is 0.698. The quantitative estimate of drug-likeness (QED) is 0.242. The van der Waals surface area contributed by atoms with Crippen LogP contribution in [0.2, 0.25) is 5.02 Å². The van der Waals surface area contributed by atoms with Gasteiger partial charge in [-0.2, -0.15) is 0 Å². The molecule has 17 heavy (non-hydrogen) atoms. The van der Waals surface area contributed by atoms with Crippen LogP contribution in [-0.2, 0) is 0 Å². The van der Waals surface area contributed by atoms with Gasteiger partial charge in [-0.3, -0.25) is 0 Å². The summed E-state index contributed by atoms with van der Waals surface area (Å²) in [5, 5.41) is 14.7. The predicted octanol–water partition coefficient (Wildman–Crippen LogP) is 2.81. The summed E-state index contributed by atoms with van der Waals surface area (Å²) >= 11 is 5.84.